The second kappa shape index (κ2) is 8.63. The molecule has 1 saturated heterocycles. The molecule has 2 aliphatic rings. The van der Waals surface area contributed by atoms with Crippen LogP contribution in [0, 0.1) is 5.92 Å². The third-order valence-electron chi connectivity index (χ3n) is 5.65. The van der Waals surface area contributed by atoms with Gasteiger partial charge in [-0.3, -0.25) is 10.1 Å². The van der Waals surface area contributed by atoms with Crippen LogP contribution in [0.2, 0.25) is 0 Å². The van der Waals surface area contributed by atoms with E-state index in [0.717, 1.165) is 37.4 Å². The number of amides is 1. The predicted octanol–water partition coefficient (Wildman–Crippen LogP) is 2.85. The van der Waals surface area contributed by atoms with E-state index in [0.29, 0.717) is 6.04 Å². The van der Waals surface area contributed by atoms with E-state index >= 15 is 0 Å². The van der Waals surface area contributed by atoms with E-state index in [1.165, 1.54) is 38.6 Å². The van der Waals surface area contributed by atoms with Crippen molar-refractivity contribution in [3.05, 3.63) is 35.9 Å². The maximum Gasteiger partial charge on any atom is 0.239 e. The van der Waals surface area contributed by atoms with Crippen LogP contribution in [0.15, 0.2) is 30.3 Å². The van der Waals surface area contributed by atoms with Gasteiger partial charge in [-0.15, -0.1) is 0 Å². The summed E-state index contributed by atoms with van der Waals surface area (Å²) in [4.78, 5) is 14.5. The first kappa shape index (κ1) is 17.4. The van der Waals surface area contributed by atoms with E-state index in [2.05, 4.69) is 10.2 Å². The summed E-state index contributed by atoms with van der Waals surface area (Å²) in [5, 5.41) is 3.49. The quantitative estimate of drug-likeness (QED) is 0.844. The molecule has 3 N–H and O–H groups in total. The minimum absolute atomic E-state index is 0.286. The second-order valence-electron chi connectivity index (χ2n) is 7.49. The molecule has 1 aromatic carbocycles. The average molecular weight is 329 g/mol. The molecule has 1 atom stereocenters. The predicted molar refractivity (Wildman–Crippen MR) is 97.6 cm³/mol. The normalized spacial score (nSPS) is 22.3. The molecule has 3 rings (SSSR count). The molecular formula is C20H31N3O. The van der Waals surface area contributed by atoms with Gasteiger partial charge in [0.05, 0.1) is 0 Å². The number of hydrogen-bond donors (Lipinski definition) is 2. The van der Waals surface area contributed by atoms with Gasteiger partial charge in [0, 0.05) is 12.6 Å². The highest BCUT2D eigenvalue weighted by Gasteiger charge is 2.26. The highest BCUT2D eigenvalue weighted by Crippen LogP contribution is 2.26. The molecule has 1 saturated carbocycles. The van der Waals surface area contributed by atoms with Gasteiger partial charge in [-0.25, -0.2) is 0 Å². The van der Waals surface area contributed by atoms with Gasteiger partial charge in [-0.1, -0.05) is 49.6 Å². The Labute approximate surface area is 145 Å². The smallest absolute Gasteiger partial charge is 0.239 e. The minimum atomic E-state index is -0.374. The molecule has 2 fully saturated rings. The van der Waals surface area contributed by atoms with Crippen molar-refractivity contribution in [3.63, 3.8) is 0 Å². The van der Waals surface area contributed by atoms with Crippen molar-refractivity contribution in [2.75, 3.05) is 19.6 Å². The first-order valence-corrected chi connectivity index (χ1v) is 9.55. The van der Waals surface area contributed by atoms with Crippen LogP contribution in [-0.2, 0) is 4.79 Å². The Morgan fingerprint density at radius 2 is 1.75 bits per heavy atom. The Hall–Kier alpha value is -1.39. The monoisotopic (exact) mass is 329 g/mol. The second-order valence-corrected chi connectivity index (χ2v) is 7.49. The molecule has 1 aliphatic carbocycles. The number of likely N-dealkylation sites (tertiary alicyclic amines) is 1. The first-order valence-electron chi connectivity index (χ1n) is 9.55. The van der Waals surface area contributed by atoms with Crippen LogP contribution in [0.4, 0.5) is 0 Å². The lowest BCUT2D eigenvalue weighted by Crippen LogP contribution is -2.47. The fourth-order valence-corrected chi connectivity index (χ4v) is 4.24. The number of nitrogens with two attached hydrogens (primary N) is 1. The lowest BCUT2D eigenvalue weighted by Gasteiger charge is -2.36. The van der Waals surface area contributed by atoms with Crippen LogP contribution in [0.1, 0.15) is 56.6 Å². The average Bonchev–Trinajstić information content (AvgIpc) is 2.62. The summed E-state index contributed by atoms with van der Waals surface area (Å²) >= 11 is 0. The Morgan fingerprint density at radius 3 is 2.38 bits per heavy atom. The Kier molecular flexibility index (Phi) is 6.27. The highest BCUT2D eigenvalue weighted by molar-refractivity contribution is 5.81. The fraction of sp³-hybridized carbons (Fsp3) is 0.650. The van der Waals surface area contributed by atoms with Gasteiger partial charge in [0.15, 0.2) is 0 Å². The third-order valence-corrected chi connectivity index (χ3v) is 5.65. The van der Waals surface area contributed by atoms with Gasteiger partial charge in [0.1, 0.15) is 6.04 Å². The number of rotatable bonds is 6. The maximum atomic E-state index is 11.8. The number of hydrogen-bond acceptors (Lipinski definition) is 3. The molecule has 1 aromatic rings. The Balaban J connectivity index is 1.48. The molecule has 4 heteroatoms. The van der Waals surface area contributed by atoms with Crippen LogP contribution in [0.25, 0.3) is 0 Å². The molecular weight excluding hydrogens is 298 g/mol. The molecule has 0 spiro atoms. The van der Waals surface area contributed by atoms with Crippen molar-refractivity contribution in [2.45, 2.75) is 57.0 Å². The fourth-order valence-electron chi connectivity index (χ4n) is 4.24. The van der Waals surface area contributed by atoms with Crippen LogP contribution >= 0.6 is 0 Å². The van der Waals surface area contributed by atoms with Crippen LogP contribution < -0.4 is 11.1 Å². The number of carbonyl (C=O) groups excluding carboxylic acids is 1. The summed E-state index contributed by atoms with van der Waals surface area (Å²) in [6, 6.07) is 9.83. The van der Waals surface area contributed by atoms with Gasteiger partial charge in [-0.2, -0.15) is 0 Å². The molecule has 1 amide bonds. The van der Waals surface area contributed by atoms with Crippen LogP contribution in [0.3, 0.4) is 0 Å². The van der Waals surface area contributed by atoms with E-state index in [-0.39, 0.29) is 11.9 Å². The number of nitrogens with zero attached hydrogens (tertiary/aromatic N) is 1. The summed E-state index contributed by atoms with van der Waals surface area (Å²) in [6.07, 6.45) is 9.29. The number of nitrogens with one attached hydrogen (secondary N) is 1. The lowest BCUT2D eigenvalue weighted by molar-refractivity contribution is -0.120. The third kappa shape index (κ3) is 4.81. The first-order chi connectivity index (χ1) is 11.7. The zero-order valence-electron chi connectivity index (χ0n) is 14.6. The number of benzene rings is 1. The number of primary amides is 1. The largest absolute Gasteiger partial charge is 0.368 e. The SMILES string of the molecule is NC(=O)[C@H](NC1CCN(CC2CCCCC2)CC1)c1ccccc1. The summed E-state index contributed by atoms with van der Waals surface area (Å²) in [6.45, 7) is 3.54. The summed E-state index contributed by atoms with van der Waals surface area (Å²) in [5.41, 5.74) is 6.59. The molecule has 0 aromatic heterocycles. The van der Waals surface area contributed by atoms with Gasteiger partial charge in [0.25, 0.3) is 0 Å². The molecule has 1 heterocycles. The van der Waals surface area contributed by atoms with Gasteiger partial charge in [-0.05, 0) is 50.3 Å². The van der Waals surface area contributed by atoms with Gasteiger partial charge < -0.3 is 10.6 Å². The van der Waals surface area contributed by atoms with E-state index in [1.54, 1.807) is 0 Å². The van der Waals surface area contributed by atoms with Crippen molar-refractivity contribution < 1.29 is 4.79 Å². The minimum Gasteiger partial charge on any atom is -0.368 e. The molecule has 4 nitrogen and oxygen atoms in total. The maximum absolute atomic E-state index is 11.8. The molecule has 0 radical (unpaired) electrons. The van der Waals surface area contributed by atoms with Crippen molar-refractivity contribution in [2.24, 2.45) is 11.7 Å². The highest BCUT2D eigenvalue weighted by atomic mass is 16.1. The number of piperidine rings is 1. The lowest BCUT2D eigenvalue weighted by atomic mass is 9.88. The Bertz CT molecular complexity index is 505. The van der Waals surface area contributed by atoms with E-state index in [1.807, 2.05) is 30.3 Å². The van der Waals surface area contributed by atoms with Crippen molar-refractivity contribution in [3.8, 4) is 0 Å². The summed E-state index contributed by atoms with van der Waals surface area (Å²) in [5.74, 6) is 0.622. The van der Waals surface area contributed by atoms with Gasteiger partial charge in [0.2, 0.25) is 5.91 Å². The zero-order valence-corrected chi connectivity index (χ0v) is 14.6. The van der Waals surface area contributed by atoms with E-state index < -0.39 is 0 Å². The van der Waals surface area contributed by atoms with Crippen LogP contribution in [0.5, 0.6) is 0 Å². The van der Waals surface area contributed by atoms with Crippen molar-refractivity contribution in [1.82, 2.24) is 10.2 Å². The molecule has 132 valence electrons. The molecule has 0 bridgehead atoms. The van der Waals surface area contributed by atoms with Crippen LogP contribution in [-0.4, -0.2) is 36.5 Å². The standard InChI is InChI=1S/C20H31N3O/c21-20(24)19(17-9-5-2-6-10-17)22-18-11-13-23(14-12-18)15-16-7-3-1-4-8-16/h2,5-6,9-10,16,18-19,22H,1,3-4,7-8,11-15H2,(H2,21,24)/t19-/m1/s1. The molecule has 1 aliphatic heterocycles. The van der Waals surface area contributed by atoms with E-state index in [9.17, 15) is 4.79 Å². The van der Waals surface area contributed by atoms with Crippen molar-refractivity contribution in [1.29, 1.82) is 0 Å². The number of carbonyl (C=O) groups is 1. The summed E-state index contributed by atoms with van der Waals surface area (Å²) in [7, 11) is 0. The molecule has 24 heavy (non-hydrogen) atoms. The summed E-state index contributed by atoms with van der Waals surface area (Å²) < 4.78 is 0. The molecule has 0 unspecified atom stereocenters. The van der Waals surface area contributed by atoms with E-state index in [4.69, 9.17) is 5.73 Å². The van der Waals surface area contributed by atoms with Gasteiger partial charge >= 0.3 is 0 Å². The topological polar surface area (TPSA) is 58.4 Å². The Morgan fingerprint density at radius 1 is 1.08 bits per heavy atom. The zero-order chi connectivity index (χ0) is 16.8. The van der Waals surface area contributed by atoms with Crippen molar-refractivity contribution >= 4 is 5.91 Å².